The average molecular weight is 560 g/mol. The maximum Gasteiger partial charge on any atom is 0.251 e. The van der Waals surface area contributed by atoms with E-state index in [4.69, 9.17) is 23.9 Å². The minimum Gasteiger partial charge on any atom is -0.493 e. The molecule has 41 heavy (non-hydrogen) atoms. The van der Waals surface area contributed by atoms with Gasteiger partial charge in [0.25, 0.3) is 5.91 Å². The Morgan fingerprint density at radius 2 is 1.56 bits per heavy atom. The number of aryl methyl sites for hydroxylation is 3. The fraction of sp³-hybridized carbons (Fsp3) is 0.394. The molecule has 1 aromatic heterocycles. The first-order valence-corrected chi connectivity index (χ1v) is 14.3. The van der Waals surface area contributed by atoms with E-state index < -0.39 is 0 Å². The normalized spacial score (nSPS) is 10.9. The quantitative estimate of drug-likeness (QED) is 0.161. The summed E-state index contributed by atoms with van der Waals surface area (Å²) in [6.07, 6.45) is 5.77. The van der Waals surface area contributed by atoms with Crippen LogP contribution in [0.25, 0.3) is 11.0 Å². The minimum absolute atomic E-state index is 0.169. The second-order valence-electron chi connectivity index (χ2n) is 9.97. The number of hydrogen-bond donors (Lipinski definition) is 1. The van der Waals surface area contributed by atoms with Gasteiger partial charge in [-0.1, -0.05) is 36.8 Å². The summed E-state index contributed by atoms with van der Waals surface area (Å²) >= 11 is 0. The number of carbonyl (C=O) groups excluding carboxylic acids is 1. The van der Waals surface area contributed by atoms with E-state index in [0.717, 1.165) is 67.7 Å². The number of rotatable bonds is 16. The second-order valence-corrected chi connectivity index (χ2v) is 9.97. The number of ether oxygens (including phenoxy) is 4. The molecule has 0 atom stereocenters. The third-order valence-corrected chi connectivity index (χ3v) is 7.15. The highest BCUT2D eigenvalue weighted by Gasteiger charge is 2.17. The zero-order valence-corrected chi connectivity index (χ0v) is 24.6. The maximum absolute atomic E-state index is 12.7. The number of aromatic nitrogens is 2. The van der Waals surface area contributed by atoms with Crippen molar-refractivity contribution in [1.82, 2.24) is 14.9 Å². The lowest BCUT2D eigenvalue weighted by Crippen LogP contribution is -2.24. The molecular formula is C33H41N3O5. The van der Waals surface area contributed by atoms with Crippen LogP contribution in [0, 0.1) is 6.92 Å². The molecule has 0 saturated carbocycles. The van der Waals surface area contributed by atoms with Gasteiger partial charge in [0.1, 0.15) is 11.6 Å². The Morgan fingerprint density at radius 3 is 2.29 bits per heavy atom. The number of para-hydroxylation sites is 3. The molecule has 0 aliphatic carbocycles. The number of carbonyl (C=O) groups is 1. The number of unbranched alkanes of at least 4 members (excludes halogenated alkanes) is 3. The predicted molar refractivity (Wildman–Crippen MR) is 162 cm³/mol. The van der Waals surface area contributed by atoms with Gasteiger partial charge in [-0.25, -0.2) is 4.98 Å². The lowest BCUT2D eigenvalue weighted by Gasteiger charge is -2.14. The molecule has 1 heterocycles. The van der Waals surface area contributed by atoms with E-state index in [-0.39, 0.29) is 5.91 Å². The lowest BCUT2D eigenvalue weighted by molar-refractivity contribution is 0.0952. The second kappa shape index (κ2) is 15.0. The van der Waals surface area contributed by atoms with Crippen molar-refractivity contribution in [3.63, 3.8) is 0 Å². The fourth-order valence-corrected chi connectivity index (χ4v) is 4.94. The molecule has 8 nitrogen and oxygen atoms in total. The van der Waals surface area contributed by atoms with Gasteiger partial charge in [0.05, 0.1) is 39.0 Å². The van der Waals surface area contributed by atoms with Crippen LogP contribution in [-0.4, -0.2) is 49.9 Å². The van der Waals surface area contributed by atoms with Crippen molar-refractivity contribution < 1.29 is 23.7 Å². The smallest absolute Gasteiger partial charge is 0.251 e. The largest absolute Gasteiger partial charge is 0.493 e. The molecule has 0 saturated heterocycles. The highest BCUT2D eigenvalue weighted by molar-refractivity contribution is 5.95. The number of methoxy groups -OCH3 is 3. The monoisotopic (exact) mass is 559 g/mol. The highest BCUT2D eigenvalue weighted by atomic mass is 16.5. The third-order valence-electron chi connectivity index (χ3n) is 7.15. The van der Waals surface area contributed by atoms with Gasteiger partial charge < -0.3 is 28.8 Å². The van der Waals surface area contributed by atoms with Crippen molar-refractivity contribution in [3.05, 3.63) is 77.6 Å². The minimum atomic E-state index is -0.169. The first-order chi connectivity index (χ1) is 20.0. The third kappa shape index (κ3) is 7.72. The van der Waals surface area contributed by atoms with Crippen LogP contribution < -0.4 is 24.3 Å². The van der Waals surface area contributed by atoms with E-state index in [1.807, 2.05) is 24.3 Å². The van der Waals surface area contributed by atoms with Gasteiger partial charge in [-0.15, -0.1) is 0 Å². The van der Waals surface area contributed by atoms with Gasteiger partial charge in [-0.05, 0) is 68.5 Å². The maximum atomic E-state index is 12.7. The average Bonchev–Trinajstić information content (AvgIpc) is 3.35. The van der Waals surface area contributed by atoms with E-state index in [2.05, 4.69) is 41.1 Å². The molecule has 8 heteroatoms. The van der Waals surface area contributed by atoms with Gasteiger partial charge in [0.2, 0.25) is 5.75 Å². The molecular weight excluding hydrogens is 518 g/mol. The van der Waals surface area contributed by atoms with E-state index >= 15 is 0 Å². The van der Waals surface area contributed by atoms with Gasteiger partial charge >= 0.3 is 0 Å². The Balaban J connectivity index is 1.24. The summed E-state index contributed by atoms with van der Waals surface area (Å²) in [6, 6.07) is 19.8. The van der Waals surface area contributed by atoms with Crippen molar-refractivity contribution in [3.8, 4) is 23.0 Å². The van der Waals surface area contributed by atoms with Gasteiger partial charge in [0.15, 0.2) is 11.5 Å². The van der Waals surface area contributed by atoms with Crippen molar-refractivity contribution in [2.45, 2.75) is 52.0 Å². The Kier molecular flexibility index (Phi) is 10.9. The fourth-order valence-electron chi connectivity index (χ4n) is 4.94. The van der Waals surface area contributed by atoms with Crippen LogP contribution in [-0.2, 0) is 13.0 Å². The molecule has 0 radical (unpaired) electrons. The van der Waals surface area contributed by atoms with Crippen molar-refractivity contribution >= 4 is 16.9 Å². The Morgan fingerprint density at radius 1 is 0.829 bits per heavy atom. The topological polar surface area (TPSA) is 83.8 Å². The van der Waals surface area contributed by atoms with Crippen LogP contribution in [0.5, 0.6) is 23.0 Å². The van der Waals surface area contributed by atoms with E-state index in [1.54, 1.807) is 12.1 Å². The van der Waals surface area contributed by atoms with Gasteiger partial charge in [-0.2, -0.15) is 0 Å². The first-order valence-electron chi connectivity index (χ1n) is 14.3. The van der Waals surface area contributed by atoms with E-state index in [0.29, 0.717) is 36.0 Å². The lowest BCUT2D eigenvalue weighted by atomic mass is 10.1. The van der Waals surface area contributed by atoms with Gasteiger partial charge in [0, 0.05) is 25.1 Å². The molecule has 0 aliphatic rings. The molecule has 3 aromatic carbocycles. The van der Waals surface area contributed by atoms with Crippen molar-refractivity contribution in [1.29, 1.82) is 0 Å². The summed E-state index contributed by atoms with van der Waals surface area (Å²) < 4.78 is 24.4. The molecule has 0 aliphatic heterocycles. The predicted octanol–water partition coefficient (Wildman–Crippen LogP) is 6.37. The van der Waals surface area contributed by atoms with Crippen molar-refractivity contribution in [2.75, 3.05) is 34.5 Å². The number of fused-ring (bicyclic) bond motifs is 1. The van der Waals surface area contributed by atoms with Crippen LogP contribution in [0.1, 0.15) is 53.8 Å². The molecule has 0 fully saturated rings. The Hall–Kier alpha value is -4.20. The zero-order chi connectivity index (χ0) is 29.0. The number of imidazole rings is 1. The molecule has 1 N–H and O–H groups in total. The number of benzene rings is 3. The number of nitrogens with zero attached hydrogens (tertiary/aromatic N) is 2. The first kappa shape index (κ1) is 29.8. The molecule has 4 rings (SSSR count). The van der Waals surface area contributed by atoms with Crippen LogP contribution in [0.4, 0.5) is 0 Å². The summed E-state index contributed by atoms with van der Waals surface area (Å²) in [6.45, 7) is 4.28. The molecule has 218 valence electrons. The molecule has 4 aromatic rings. The van der Waals surface area contributed by atoms with E-state index in [1.165, 1.54) is 26.8 Å². The standard InChI is InChI=1S/C33H41N3O5/c1-24-14-7-10-17-28(24)41-21-13-12-20-36-27-16-9-8-15-26(27)35-31(36)18-6-5-11-19-34-33(37)25-22-29(38-2)32(40-4)30(23-25)39-3/h7-10,14-17,22-23H,5-6,11-13,18-21H2,1-4H3,(H,34,37). The molecule has 0 spiro atoms. The molecule has 0 unspecified atom stereocenters. The number of hydrogen-bond acceptors (Lipinski definition) is 6. The molecule has 1 amide bonds. The van der Waals surface area contributed by atoms with Crippen LogP contribution >= 0.6 is 0 Å². The summed E-state index contributed by atoms with van der Waals surface area (Å²) in [7, 11) is 4.61. The summed E-state index contributed by atoms with van der Waals surface area (Å²) in [5.41, 5.74) is 3.85. The number of amides is 1. The summed E-state index contributed by atoms with van der Waals surface area (Å²) in [4.78, 5) is 17.7. The van der Waals surface area contributed by atoms with Crippen LogP contribution in [0.3, 0.4) is 0 Å². The summed E-state index contributed by atoms with van der Waals surface area (Å²) in [5.74, 6) is 3.29. The van der Waals surface area contributed by atoms with Crippen molar-refractivity contribution in [2.24, 2.45) is 0 Å². The van der Waals surface area contributed by atoms with Crippen LogP contribution in [0.2, 0.25) is 0 Å². The Bertz CT molecular complexity index is 1410. The highest BCUT2D eigenvalue weighted by Crippen LogP contribution is 2.38. The SMILES string of the molecule is COc1cc(C(=O)NCCCCCc2nc3ccccc3n2CCCCOc2ccccc2C)cc(OC)c1OC. The van der Waals surface area contributed by atoms with Crippen LogP contribution in [0.15, 0.2) is 60.7 Å². The molecule has 0 bridgehead atoms. The Labute approximate surface area is 242 Å². The van der Waals surface area contributed by atoms with Gasteiger partial charge in [-0.3, -0.25) is 4.79 Å². The number of nitrogens with one attached hydrogen (secondary N) is 1. The zero-order valence-electron chi connectivity index (χ0n) is 24.6. The summed E-state index contributed by atoms with van der Waals surface area (Å²) in [5, 5.41) is 3.00. The van der Waals surface area contributed by atoms with E-state index in [9.17, 15) is 4.79 Å².